The van der Waals surface area contributed by atoms with Gasteiger partial charge in [-0.2, -0.15) is 0 Å². The summed E-state index contributed by atoms with van der Waals surface area (Å²) >= 11 is 0. The average Bonchev–Trinajstić information content (AvgIpc) is 2.78. The molecule has 0 radical (unpaired) electrons. The number of carbonyl (C=O) groups excluding carboxylic acids is 2. The van der Waals surface area contributed by atoms with Crippen molar-refractivity contribution in [1.29, 1.82) is 0 Å². The fourth-order valence-electron chi connectivity index (χ4n) is 3.73. The number of benzene rings is 2. The molecule has 0 aliphatic carbocycles. The maximum absolute atomic E-state index is 13.0. The minimum Gasteiger partial charge on any atom is -0.497 e. The molecule has 166 valence electrons. The van der Waals surface area contributed by atoms with Crippen molar-refractivity contribution in [3.8, 4) is 5.75 Å². The summed E-state index contributed by atoms with van der Waals surface area (Å²) in [7, 11) is -0.769. The van der Waals surface area contributed by atoms with Gasteiger partial charge >= 0.3 is 0 Å². The summed E-state index contributed by atoms with van der Waals surface area (Å²) in [5, 5.41) is 0. The van der Waals surface area contributed by atoms with E-state index in [1.165, 1.54) is 30.6 Å². The zero-order valence-electron chi connectivity index (χ0n) is 17.9. The van der Waals surface area contributed by atoms with Gasteiger partial charge in [-0.1, -0.05) is 0 Å². The lowest BCUT2D eigenvalue weighted by Gasteiger charge is -2.31. The number of carbonyl (C=O) groups is 2. The highest BCUT2D eigenvalue weighted by Crippen LogP contribution is 2.28. The van der Waals surface area contributed by atoms with E-state index in [-0.39, 0.29) is 22.6 Å². The van der Waals surface area contributed by atoms with Gasteiger partial charge in [0.1, 0.15) is 5.75 Å². The van der Waals surface area contributed by atoms with Crippen molar-refractivity contribution in [2.75, 3.05) is 31.6 Å². The van der Waals surface area contributed by atoms with Crippen molar-refractivity contribution in [3.05, 3.63) is 53.6 Å². The van der Waals surface area contributed by atoms with Crippen LogP contribution in [0.15, 0.2) is 47.4 Å². The molecule has 0 bridgehead atoms. The van der Waals surface area contributed by atoms with Gasteiger partial charge in [-0.05, 0) is 67.8 Å². The molecule has 1 fully saturated rings. The number of methoxy groups -OCH3 is 1. The van der Waals surface area contributed by atoms with Crippen LogP contribution in [-0.4, -0.2) is 52.4 Å². The molecule has 9 heteroatoms. The molecule has 1 saturated heterocycles. The quantitative estimate of drug-likeness (QED) is 0.733. The van der Waals surface area contributed by atoms with Crippen molar-refractivity contribution in [3.63, 3.8) is 0 Å². The van der Waals surface area contributed by atoms with Crippen LogP contribution in [0, 0.1) is 12.8 Å². The Morgan fingerprint density at radius 3 is 2.23 bits per heavy atom. The molecule has 0 atom stereocenters. The minimum absolute atomic E-state index is 0.141. The Morgan fingerprint density at radius 2 is 1.71 bits per heavy atom. The molecule has 1 aliphatic heterocycles. The number of piperidine rings is 1. The first-order valence-electron chi connectivity index (χ1n) is 9.97. The second-order valence-corrected chi connectivity index (χ2v) is 9.59. The highest BCUT2D eigenvalue weighted by Gasteiger charge is 2.27. The van der Waals surface area contributed by atoms with Crippen LogP contribution in [0.1, 0.15) is 28.8 Å². The summed E-state index contributed by atoms with van der Waals surface area (Å²) in [6, 6.07) is 11.1. The predicted molar refractivity (Wildman–Crippen MR) is 118 cm³/mol. The first kappa shape index (κ1) is 22.6. The number of hydrogen-bond acceptors (Lipinski definition) is 5. The third kappa shape index (κ3) is 4.66. The summed E-state index contributed by atoms with van der Waals surface area (Å²) in [6.07, 6.45) is 1.11. The average molecular weight is 446 g/mol. The van der Waals surface area contributed by atoms with Crippen LogP contribution >= 0.6 is 0 Å². The number of likely N-dealkylation sites (tertiary alicyclic amines) is 1. The molecular formula is C22H27N3O5S. The number of anilines is 1. The SMILES string of the molecule is COc1ccc(S(=O)(=O)N(C)c2ccc(C(=O)N3CCC(C(N)=O)CC3)cc2C)cc1. The van der Waals surface area contributed by atoms with E-state index in [1.54, 1.807) is 42.2 Å². The summed E-state index contributed by atoms with van der Waals surface area (Å²) in [5.41, 5.74) is 6.98. The molecule has 8 nitrogen and oxygen atoms in total. The lowest BCUT2D eigenvalue weighted by molar-refractivity contribution is -0.123. The lowest BCUT2D eigenvalue weighted by Crippen LogP contribution is -2.41. The Labute approximate surface area is 182 Å². The summed E-state index contributed by atoms with van der Waals surface area (Å²) in [6.45, 7) is 2.71. The van der Waals surface area contributed by atoms with Gasteiger partial charge in [0.25, 0.3) is 15.9 Å². The van der Waals surface area contributed by atoms with E-state index in [4.69, 9.17) is 10.5 Å². The number of nitrogens with two attached hydrogens (primary N) is 1. The molecule has 31 heavy (non-hydrogen) atoms. The van der Waals surface area contributed by atoms with Gasteiger partial charge in [0.2, 0.25) is 5.91 Å². The summed E-state index contributed by atoms with van der Waals surface area (Å²) in [4.78, 5) is 26.0. The van der Waals surface area contributed by atoms with Crippen molar-refractivity contribution >= 4 is 27.5 Å². The van der Waals surface area contributed by atoms with E-state index in [1.807, 2.05) is 0 Å². The number of aryl methyl sites for hydroxylation is 1. The van der Waals surface area contributed by atoms with E-state index >= 15 is 0 Å². The van der Waals surface area contributed by atoms with E-state index in [9.17, 15) is 18.0 Å². The lowest BCUT2D eigenvalue weighted by atomic mass is 9.95. The predicted octanol–water partition coefficient (Wildman–Crippen LogP) is 2.17. The first-order valence-corrected chi connectivity index (χ1v) is 11.4. The van der Waals surface area contributed by atoms with Gasteiger partial charge in [0.05, 0.1) is 17.7 Å². The number of rotatable bonds is 6. The summed E-state index contributed by atoms with van der Waals surface area (Å²) < 4.78 is 32.3. The normalized spacial score (nSPS) is 14.9. The molecule has 0 saturated carbocycles. The Bertz CT molecular complexity index is 1070. The zero-order valence-corrected chi connectivity index (χ0v) is 18.7. The largest absolute Gasteiger partial charge is 0.497 e. The molecule has 2 aromatic rings. The van der Waals surface area contributed by atoms with E-state index in [0.29, 0.717) is 48.5 Å². The van der Waals surface area contributed by atoms with Gasteiger partial charge in [0.15, 0.2) is 0 Å². The van der Waals surface area contributed by atoms with E-state index < -0.39 is 10.0 Å². The van der Waals surface area contributed by atoms with Crippen molar-refractivity contribution in [1.82, 2.24) is 4.90 Å². The number of nitrogens with zero attached hydrogens (tertiary/aromatic N) is 2. The molecule has 3 rings (SSSR count). The highest BCUT2D eigenvalue weighted by atomic mass is 32.2. The van der Waals surface area contributed by atoms with Gasteiger partial charge in [0, 0.05) is 31.6 Å². The Hall–Kier alpha value is -3.07. The van der Waals surface area contributed by atoms with Crippen LogP contribution in [0.4, 0.5) is 5.69 Å². The number of ether oxygens (including phenoxy) is 1. The Kier molecular flexibility index (Phi) is 6.54. The maximum atomic E-state index is 13.0. The Morgan fingerprint density at radius 1 is 1.10 bits per heavy atom. The second-order valence-electron chi connectivity index (χ2n) is 7.62. The number of sulfonamides is 1. The van der Waals surface area contributed by atoms with E-state index in [0.717, 1.165) is 0 Å². The van der Waals surface area contributed by atoms with Crippen LogP contribution in [0.25, 0.3) is 0 Å². The van der Waals surface area contributed by atoms with Gasteiger partial charge in [-0.3, -0.25) is 13.9 Å². The molecule has 1 aliphatic rings. The number of primary amides is 1. The molecular weight excluding hydrogens is 418 g/mol. The summed E-state index contributed by atoms with van der Waals surface area (Å²) in [5.74, 6) is -0.0860. The number of hydrogen-bond donors (Lipinski definition) is 1. The van der Waals surface area contributed by atoms with Gasteiger partial charge in [-0.25, -0.2) is 8.42 Å². The van der Waals surface area contributed by atoms with Crippen molar-refractivity contribution in [2.24, 2.45) is 11.7 Å². The number of amides is 2. The molecule has 0 unspecified atom stereocenters. The van der Waals surface area contributed by atoms with Crippen molar-refractivity contribution < 1.29 is 22.7 Å². The molecule has 2 aromatic carbocycles. The maximum Gasteiger partial charge on any atom is 0.264 e. The highest BCUT2D eigenvalue weighted by molar-refractivity contribution is 7.92. The van der Waals surface area contributed by atoms with E-state index in [2.05, 4.69) is 0 Å². The van der Waals surface area contributed by atoms with Crippen LogP contribution < -0.4 is 14.8 Å². The third-order valence-electron chi connectivity index (χ3n) is 5.69. The zero-order chi connectivity index (χ0) is 22.8. The van der Waals surface area contributed by atoms with Crippen LogP contribution in [-0.2, 0) is 14.8 Å². The fraction of sp³-hybridized carbons (Fsp3) is 0.364. The fourth-order valence-corrected chi connectivity index (χ4v) is 4.99. The molecule has 2 N–H and O–H groups in total. The molecule has 1 heterocycles. The van der Waals surface area contributed by atoms with Crippen LogP contribution in [0.3, 0.4) is 0 Å². The van der Waals surface area contributed by atoms with Gasteiger partial charge < -0.3 is 15.4 Å². The molecule has 0 aromatic heterocycles. The standard InChI is InChI=1S/C22H27N3O5S/c1-15-14-17(22(27)25-12-10-16(11-13-25)21(23)26)4-9-20(15)24(2)31(28,29)19-7-5-18(30-3)6-8-19/h4-9,14,16H,10-13H2,1-3H3,(H2,23,26). The van der Waals surface area contributed by atoms with Crippen molar-refractivity contribution in [2.45, 2.75) is 24.7 Å². The van der Waals surface area contributed by atoms with Crippen LogP contribution in [0.5, 0.6) is 5.75 Å². The monoisotopic (exact) mass is 445 g/mol. The smallest absolute Gasteiger partial charge is 0.264 e. The van der Waals surface area contributed by atoms with Crippen LogP contribution in [0.2, 0.25) is 0 Å². The Balaban J connectivity index is 1.78. The second kappa shape index (κ2) is 8.97. The molecule has 2 amide bonds. The molecule has 0 spiro atoms. The topological polar surface area (TPSA) is 110 Å². The van der Waals surface area contributed by atoms with Gasteiger partial charge in [-0.15, -0.1) is 0 Å². The minimum atomic E-state index is -3.77. The first-order chi connectivity index (χ1) is 14.6. The third-order valence-corrected chi connectivity index (χ3v) is 7.47.